The molecule has 1 saturated heterocycles. The lowest BCUT2D eigenvalue weighted by Crippen LogP contribution is -2.39. The molecule has 1 aromatic rings. The summed E-state index contributed by atoms with van der Waals surface area (Å²) >= 11 is 3.48. The Morgan fingerprint density at radius 3 is 2.82 bits per heavy atom. The van der Waals surface area contributed by atoms with E-state index in [9.17, 15) is 4.79 Å². The second-order valence-electron chi connectivity index (χ2n) is 5.59. The molecule has 0 radical (unpaired) electrons. The molecule has 22 heavy (non-hydrogen) atoms. The molecular weight excluding hydrogens is 346 g/mol. The van der Waals surface area contributed by atoms with E-state index in [1.54, 1.807) is 13.2 Å². The van der Waals surface area contributed by atoms with Gasteiger partial charge in [0.1, 0.15) is 0 Å². The number of methoxy groups -OCH3 is 1. The highest BCUT2D eigenvalue weighted by molar-refractivity contribution is 9.10. The summed E-state index contributed by atoms with van der Waals surface area (Å²) in [5, 5.41) is 0. The third-order valence-corrected chi connectivity index (χ3v) is 4.74. The van der Waals surface area contributed by atoms with Crippen molar-refractivity contribution < 1.29 is 14.3 Å². The van der Waals surface area contributed by atoms with Gasteiger partial charge in [0.25, 0.3) is 5.91 Å². The van der Waals surface area contributed by atoms with Gasteiger partial charge in [-0.2, -0.15) is 0 Å². The molecule has 1 aliphatic rings. The molecule has 0 aliphatic carbocycles. The number of hydrogen-bond acceptors (Lipinski definition) is 3. The summed E-state index contributed by atoms with van der Waals surface area (Å²) in [5.41, 5.74) is 0.643. The van der Waals surface area contributed by atoms with Crippen LogP contribution in [0.5, 0.6) is 11.5 Å². The maximum Gasteiger partial charge on any atom is 0.254 e. The Bertz CT molecular complexity index is 533. The summed E-state index contributed by atoms with van der Waals surface area (Å²) in [5.74, 6) is 1.92. The van der Waals surface area contributed by atoms with Gasteiger partial charge in [-0.1, -0.05) is 13.3 Å². The van der Waals surface area contributed by atoms with Crippen LogP contribution in [0.1, 0.15) is 43.5 Å². The number of nitrogens with zero attached hydrogens (tertiary/aromatic N) is 1. The van der Waals surface area contributed by atoms with E-state index in [1.165, 1.54) is 6.42 Å². The molecular formula is C17H24BrNO3. The van der Waals surface area contributed by atoms with Gasteiger partial charge < -0.3 is 14.4 Å². The van der Waals surface area contributed by atoms with Crippen LogP contribution in [-0.2, 0) is 0 Å². The van der Waals surface area contributed by atoms with Crippen LogP contribution in [0.2, 0.25) is 0 Å². The molecule has 1 aliphatic heterocycles. The topological polar surface area (TPSA) is 38.8 Å². The third-order valence-electron chi connectivity index (χ3n) is 4.15. The number of rotatable bonds is 5. The van der Waals surface area contributed by atoms with E-state index >= 15 is 0 Å². The highest BCUT2D eigenvalue weighted by Gasteiger charge is 2.25. The molecule has 0 aromatic heterocycles. The number of amides is 1. The Balaban J connectivity index is 2.24. The molecule has 0 N–H and O–H groups in total. The predicted molar refractivity (Wildman–Crippen MR) is 90.8 cm³/mol. The molecule has 1 atom stereocenters. The highest BCUT2D eigenvalue weighted by Crippen LogP contribution is 2.37. The fourth-order valence-electron chi connectivity index (χ4n) is 2.89. The molecule has 1 fully saturated rings. The van der Waals surface area contributed by atoms with Gasteiger partial charge in [0, 0.05) is 18.7 Å². The molecule has 4 nitrogen and oxygen atoms in total. The molecule has 5 heteroatoms. The molecule has 1 amide bonds. The molecule has 0 saturated carbocycles. The lowest BCUT2D eigenvalue weighted by molar-refractivity contribution is 0.0670. The maximum absolute atomic E-state index is 12.8. The van der Waals surface area contributed by atoms with Crippen LogP contribution >= 0.6 is 15.9 Å². The number of halogens is 1. The van der Waals surface area contributed by atoms with Crippen LogP contribution in [0.3, 0.4) is 0 Å². The summed E-state index contributed by atoms with van der Waals surface area (Å²) in [6, 6.07) is 3.60. The summed E-state index contributed by atoms with van der Waals surface area (Å²) in [6.07, 6.45) is 3.43. The zero-order valence-electron chi connectivity index (χ0n) is 13.5. The molecule has 0 bridgehead atoms. The molecule has 122 valence electrons. The van der Waals surface area contributed by atoms with Gasteiger partial charge in [0.15, 0.2) is 11.5 Å². The molecule has 2 rings (SSSR count). The van der Waals surface area contributed by atoms with Gasteiger partial charge in [-0.25, -0.2) is 0 Å². The Morgan fingerprint density at radius 1 is 1.41 bits per heavy atom. The first-order valence-electron chi connectivity index (χ1n) is 7.90. The van der Waals surface area contributed by atoms with Gasteiger partial charge in [-0.15, -0.1) is 0 Å². The number of benzene rings is 1. The summed E-state index contributed by atoms with van der Waals surface area (Å²) < 4.78 is 11.7. The van der Waals surface area contributed by atoms with Crippen molar-refractivity contribution in [3.63, 3.8) is 0 Å². The van der Waals surface area contributed by atoms with Crippen molar-refractivity contribution in [3.8, 4) is 11.5 Å². The lowest BCUT2D eigenvalue weighted by Gasteiger charge is -2.32. The number of carbonyl (C=O) groups excluding carboxylic acids is 1. The summed E-state index contributed by atoms with van der Waals surface area (Å²) in [4.78, 5) is 14.7. The van der Waals surface area contributed by atoms with Gasteiger partial charge in [0.05, 0.1) is 18.2 Å². The third kappa shape index (κ3) is 3.75. The number of hydrogen-bond donors (Lipinski definition) is 0. The lowest BCUT2D eigenvalue weighted by atomic mass is 9.95. The predicted octanol–water partition coefficient (Wildman–Crippen LogP) is 4.12. The van der Waals surface area contributed by atoms with Crippen LogP contribution in [0, 0.1) is 5.92 Å². The Hall–Kier alpha value is -1.23. The van der Waals surface area contributed by atoms with Crippen molar-refractivity contribution in [1.29, 1.82) is 0 Å². The van der Waals surface area contributed by atoms with Crippen molar-refractivity contribution in [1.82, 2.24) is 4.90 Å². The van der Waals surface area contributed by atoms with Crippen molar-refractivity contribution in [2.75, 3.05) is 26.8 Å². The van der Waals surface area contributed by atoms with Gasteiger partial charge in [-0.3, -0.25) is 4.79 Å². The second-order valence-corrected chi connectivity index (χ2v) is 6.44. The van der Waals surface area contributed by atoms with Crippen LogP contribution in [0.4, 0.5) is 0 Å². The zero-order chi connectivity index (χ0) is 16.1. The monoisotopic (exact) mass is 369 g/mol. The van der Waals surface area contributed by atoms with Crippen molar-refractivity contribution >= 4 is 21.8 Å². The maximum atomic E-state index is 12.8. The molecule has 1 heterocycles. The highest BCUT2D eigenvalue weighted by atomic mass is 79.9. The first-order chi connectivity index (χ1) is 10.6. The Labute approximate surface area is 140 Å². The quantitative estimate of drug-likeness (QED) is 0.783. The Kier molecular flexibility index (Phi) is 6.12. The first-order valence-corrected chi connectivity index (χ1v) is 8.69. The van der Waals surface area contributed by atoms with Crippen molar-refractivity contribution in [2.45, 2.75) is 33.1 Å². The summed E-state index contributed by atoms with van der Waals surface area (Å²) in [6.45, 7) is 6.34. The second kappa shape index (κ2) is 7.86. The van der Waals surface area contributed by atoms with Crippen LogP contribution in [0.25, 0.3) is 0 Å². The number of carbonyl (C=O) groups is 1. The van der Waals surface area contributed by atoms with Gasteiger partial charge >= 0.3 is 0 Å². The fourth-order valence-corrected chi connectivity index (χ4v) is 3.45. The summed E-state index contributed by atoms with van der Waals surface area (Å²) in [7, 11) is 1.59. The average Bonchev–Trinajstić information content (AvgIpc) is 2.55. The molecule has 1 aromatic carbocycles. The minimum absolute atomic E-state index is 0.0696. The first kappa shape index (κ1) is 17.1. The van der Waals surface area contributed by atoms with E-state index in [0.717, 1.165) is 30.4 Å². The van der Waals surface area contributed by atoms with Gasteiger partial charge in [0.2, 0.25) is 0 Å². The minimum atomic E-state index is 0.0696. The van der Waals surface area contributed by atoms with Crippen LogP contribution < -0.4 is 9.47 Å². The van der Waals surface area contributed by atoms with E-state index in [2.05, 4.69) is 22.9 Å². The Morgan fingerprint density at radius 2 is 2.18 bits per heavy atom. The van der Waals surface area contributed by atoms with E-state index < -0.39 is 0 Å². The van der Waals surface area contributed by atoms with E-state index in [4.69, 9.17) is 9.47 Å². The fraction of sp³-hybridized carbons (Fsp3) is 0.588. The zero-order valence-corrected chi connectivity index (χ0v) is 15.1. The SMILES string of the molecule is CCOc1c(Br)cc(C(=O)N2CCCC(CC)C2)cc1OC. The standard InChI is InChI=1S/C17H24BrNO3/c1-4-12-7-6-8-19(11-12)17(20)13-9-14(18)16(22-5-2)15(10-13)21-3/h9-10,12H,4-8,11H2,1-3H3. The normalized spacial score (nSPS) is 18.2. The largest absolute Gasteiger partial charge is 0.493 e. The average molecular weight is 370 g/mol. The van der Waals surface area contributed by atoms with Crippen molar-refractivity contribution in [3.05, 3.63) is 22.2 Å². The van der Waals surface area contributed by atoms with E-state index in [1.807, 2.05) is 17.9 Å². The van der Waals surface area contributed by atoms with Crippen LogP contribution in [-0.4, -0.2) is 37.6 Å². The van der Waals surface area contributed by atoms with Crippen LogP contribution in [0.15, 0.2) is 16.6 Å². The molecule has 0 spiro atoms. The van der Waals surface area contributed by atoms with E-state index in [-0.39, 0.29) is 5.91 Å². The number of ether oxygens (including phenoxy) is 2. The minimum Gasteiger partial charge on any atom is -0.493 e. The van der Waals surface area contributed by atoms with E-state index in [0.29, 0.717) is 29.6 Å². The van der Waals surface area contributed by atoms with Crippen molar-refractivity contribution in [2.24, 2.45) is 5.92 Å². The molecule has 1 unspecified atom stereocenters. The number of piperidine rings is 1. The van der Waals surface area contributed by atoms with Gasteiger partial charge in [-0.05, 0) is 53.7 Å². The smallest absolute Gasteiger partial charge is 0.254 e. The number of likely N-dealkylation sites (tertiary alicyclic amines) is 1.